The van der Waals surface area contributed by atoms with Gasteiger partial charge in [0.1, 0.15) is 5.01 Å². The number of nitrogens with zero attached hydrogens (tertiary/aromatic N) is 2. The number of aryl methyl sites for hydroxylation is 2. The van der Waals surface area contributed by atoms with Gasteiger partial charge in [-0.25, -0.2) is 4.98 Å². The molecule has 5 heteroatoms. The molecule has 100 valence electrons. The molecule has 0 spiro atoms. The zero-order chi connectivity index (χ0) is 12.5. The van der Waals surface area contributed by atoms with Gasteiger partial charge in [0.15, 0.2) is 0 Å². The second kappa shape index (κ2) is 5.25. The Labute approximate surface area is 112 Å². The molecule has 1 N–H and O–H groups in total. The van der Waals surface area contributed by atoms with Crippen molar-refractivity contribution in [1.29, 1.82) is 0 Å². The quantitative estimate of drug-likeness (QED) is 0.895. The molecule has 1 aromatic heterocycles. The summed E-state index contributed by atoms with van der Waals surface area (Å²) in [4.78, 5) is 8.61. The molecule has 18 heavy (non-hydrogen) atoms. The predicted octanol–water partition coefficient (Wildman–Crippen LogP) is 1.21. The van der Waals surface area contributed by atoms with Gasteiger partial charge in [0.2, 0.25) is 0 Å². The molecule has 1 aliphatic heterocycles. The van der Waals surface area contributed by atoms with Crippen LogP contribution in [0.4, 0.5) is 0 Å². The highest BCUT2D eigenvalue weighted by Crippen LogP contribution is 2.28. The zero-order valence-corrected chi connectivity index (χ0v) is 11.6. The summed E-state index contributed by atoms with van der Waals surface area (Å²) in [7, 11) is 0. The van der Waals surface area contributed by atoms with Gasteiger partial charge < -0.3 is 9.84 Å². The van der Waals surface area contributed by atoms with E-state index in [1.165, 1.54) is 28.4 Å². The van der Waals surface area contributed by atoms with Crippen LogP contribution in [0, 0.1) is 0 Å². The second-order valence-corrected chi connectivity index (χ2v) is 6.42. The summed E-state index contributed by atoms with van der Waals surface area (Å²) in [6, 6.07) is 0.409. The van der Waals surface area contributed by atoms with Crippen molar-refractivity contribution in [2.45, 2.75) is 44.9 Å². The number of hydrogen-bond donors (Lipinski definition) is 1. The molecule has 2 unspecified atom stereocenters. The highest BCUT2D eigenvalue weighted by molar-refractivity contribution is 7.11. The molecule has 1 aliphatic carbocycles. The van der Waals surface area contributed by atoms with E-state index in [0.29, 0.717) is 12.6 Å². The molecular weight excluding hydrogens is 248 g/mol. The number of fused-ring (bicyclic) bond motifs is 1. The van der Waals surface area contributed by atoms with E-state index in [1.54, 1.807) is 0 Å². The van der Waals surface area contributed by atoms with Gasteiger partial charge in [-0.2, -0.15) is 0 Å². The Balaban J connectivity index is 1.66. The fraction of sp³-hybridized carbons (Fsp3) is 0.769. The lowest BCUT2D eigenvalue weighted by Crippen LogP contribution is -2.48. The molecule has 3 rings (SSSR count). The van der Waals surface area contributed by atoms with Crippen LogP contribution in [0.2, 0.25) is 0 Å². The van der Waals surface area contributed by atoms with E-state index in [4.69, 9.17) is 9.72 Å². The van der Waals surface area contributed by atoms with Crippen molar-refractivity contribution in [3.63, 3.8) is 0 Å². The van der Waals surface area contributed by atoms with Crippen molar-refractivity contribution < 1.29 is 9.84 Å². The monoisotopic (exact) mass is 268 g/mol. The van der Waals surface area contributed by atoms with E-state index in [-0.39, 0.29) is 12.7 Å². The van der Waals surface area contributed by atoms with Crippen LogP contribution >= 0.6 is 11.3 Å². The summed E-state index contributed by atoms with van der Waals surface area (Å²) in [6.07, 6.45) is 3.61. The molecule has 2 aliphatic rings. The first-order valence-electron chi connectivity index (χ1n) is 6.70. The largest absolute Gasteiger partial charge is 0.394 e. The first kappa shape index (κ1) is 12.5. The van der Waals surface area contributed by atoms with Crippen LogP contribution in [0.1, 0.15) is 28.9 Å². The molecule has 2 heterocycles. The minimum atomic E-state index is -0.0343. The molecule has 2 atom stereocenters. The smallest absolute Gasteiger partial charge is 0.107 e. The standard InChI is InChI=1S/C13H20N2O2S/c1-9-8-17-10(7-16)5-15(9)6-13-14-11-3-2-4-12(11)18-13/h9-10,16H,2-8H2,1H3. The fourth-order valence-corrected chi connectivity index (χ4v) is 3.87. The minimum Gasteiger partial charge on any atom is -0.394 e. The van der Waals surface area contributed by atoms with Crippen molar-refractivity contribution in [3.8, 4) is 0 Å². The van der Waals surface area contributed by atoms with Crippen molar-refractivity contribution in [1.82, 2.24) is 9.88 Å². The number of thiazole rings is 1. The molecule has 0 aromatic carbocycles. The molecule has 0 radical (unpaired) electrons. The zero-order valence-electron chi connectivity index (χ0n) is 10.8. The summed E-state index contributed by atoms with van der Waals surface area (Å²) in [6.45, 7) is 4.70. The Hall–Kier alpha value is -0.490. The third-order valence-electron chi connectivity index (χ3n) is 3.82. The van der Waals surface area contributed by atoms with Gasteiger partial charge in [-0.15, -0.1) is 11.3 Å². The number of aliphatic hydroxyl groups is 1. The Morgan fingerprint density at radius 3 is 3.17 bits per heavy atom. The molecule has 0 amide bonds. The molecule has 1 aromatic rings. The van der Waals surface area contributed by atoms with Crippen molar-refractivity contribution >= 4 is 11.3 Å². The van der Waals surface area contributed by atoms with Crippen LogP contribution in [-0.4, -0.2) is 46.9 Å². The summed E-state index contributed by atoms with van der Waals surface area (Å²) in [5.41, 5.74) is 1.33. The third-order valence-corrected chi connectivity index (χ3v) is 4.96. The van der Waals surface area contributed by atoms with Gasteiger partial charge in [0.25, 0.3) is 0 Å². The lowest BCUT2D eigenvalue weighted by molar-refractivity contribution is -0.0805. The van der Waals surface area contributed by atoms with Gasteiger partial charge >= 0.3 is 0 Å². The Bertz CT molecular complexity index is 400. The highest BCUT2D eigenvalue weighted by Gasteiger charge is 2.27. The van der Waals surface area contributed by atoms with E-state index in [2.05, 4.69) is 11.8 Å². The van der Waals surface area contributed by atoms with E-state index < -0.39 is 0 Å². The molecule has 0 bridgehead atoms. The Morgan fingerprint density at radius 2 is 2.39 bits per heavy atom. The Morgan fingerprint density at radius 1 is 1.50 bits per heavy atom. The predicted molar refractivity (Wildman–Crippen MR) is 70.8 cm³/mol. The van der Waals surface area contributed by atoms with Crippen LogP contribution in [0.25, 0.3) is 0 Å². The molecule has 1 saturated heterocycles. The van der Waals surface area contributed by atoms with Gasteiger partial charge in [0, 0.05) is 17.5 Å². The summed E-state index contributed by atoms with van der Waals surface area (Å²) < 4.78 is 5.56. The summed E-state index contributed by atoms with van der Waals surface area (Å²) >= 11 is 1.87. The maximum absolute atomic E-state index is 9.19. The number of aliphatic hydroxyl groups excluding tert-OH is 1. The average molecular weight is 268 g/mol. The van der Waals surface area contributed by atoms with Crippen LogP contribution in [-0.2, 0) is 24.1 Å². The molecule has 4 nitrogen and oxygen atoms in total. The number of rotatable bonds is 3. The van der Waals surface area contributed by atoms with E-state index in [0.717, 1.165) is 19.5 Å². The van der Waals surface area contributed by atoms with Gasteiger partial charge in [-0.3, -0.25) is 4.90 Å². The summed E-state index contributed by atoms with van der Waals surface area (Å²) in [5.74, 6) is 0. The van der Waals surface area contributed by atoms with E-state index in [9.17, 15) is 5.11 Å². The lowest BCUT2D eigenvalue weighted by atomic mass is 10.2. The molecule has 1 fully saturated rings. The SMILES string of the molecule is CC1COC(CO)CN1Cc1nc2c(s1)CCC2. The van der Waals surface area contributed by atoms with Crippen LogP contribution in [0.3, 0.4) is 0 Å². The fourth-order valence-electron chi connectivity index (χ4n) is 2.69. The van der Waals surface area contributed by atoms with Crippen LogP contribution in [0.5, 0.6) is 0 Å². The number of morpholine rings is 1. The maximum atomic E-state index is 9.19. The Kier molecular flexibility index (Phi) is 3.66. The molecule has 0 saturated carbocycles. The topological polar surface area (TPSA) is 45.6 Å². The minimum absolute atomic E-state index is 0.0343. The highest BCUT2D eigenvalue weighted by atomic mass is 32.1. The first-order chi connectivity index (χ1) is 8.76. The van der Waals surface area contributed by atoms with Gasteiger partial charge in [-0.1, -0.05) is 0 Å². The van der Waals surface area contributed by atoms with E-state index >= 15 is 0 Å². The lowest BCUT2D eigenvalue weighted by Gasteiger charge is -2.36. The van der Waals surface area contributed by atoms with Crippen LogP contribution in [0.15, 0.2) is 0 Å². The van der Waals surface area contributed by atoms with Gasteiger partial charge in [0.05, 0.1) is 31.6 Å². The van der Waals surface area contributed by atoms with Gasteiger partial charge in [-0.05, 0) is 26.2 Å². The van der Waals surface area contributed by atoms with Crippen molar-refractivity contribution in [2.24, 2.45) is 0 Å². The second-order valence-electron chi connectivity index (χ2n) is 5.25. The first-order valence-corrected chi connectivity index (χ1v) is 7.52. The van der Waals surface area contributed by atoms with E-state index in [1.807, 2.05) is 11.3 Å². The summed E-state index contributed by atoms with van der Waals surface area (Å²) in [5, 5.41) is 10.4. The number of aromatic nitrogens is 1. The average Bonchev–Trinajstić information content (AvgIpc) is 2.92. The number of ether oxygens (including phenoxy) is 1. The normalized spacial score (nSPS) is 28.6. The van der Waals surface area contributed by atoms with Crippen molar-refractivity contribution in [3.05, 3.63) is 15.6 Å². The molecular formula is C13H20N2O2S. The maximum Gasteiger partial charge on any atom is 0.107 e. The third kappa shape index (κ3) is 2.45. The van der Waals surface area contributed by atoms with Crippen LogP contribution < -0.4 is 0 Å². The van der Waals surface area contributed by atoms with Crippen molar-refractivity contribution in [2.75, 3.05) is 19.8 Å². The number of hydrogen-bond acceptors (Lipinski definition) is 5.